The van der Waals surface area contributed by atoms with Gasteiger partial charge in [0.1, 0.15) is 7.14 Å². The molecular weight excluding hydrogens is 229 g/mol. The van der Waals surface area contributed by atoms with Crippen molar-refractivity contribution in [3.63, 3.8) is 0 Å². The number of nitrogens with zero attached hydrogens (tertiary/aromatic N) is 1. The molecule has 0 fully saturated rings. The van der Waals surface area contributed by atoms with Gasteiger partial charge < -0.3 is 4.57 Å². The third-order valence-electron chi connectivity index (χ3n) is 2.99. The molecule has 0 saturated carbocycles. The second kappa shape index (κ2) is 4.27. The SMILES string of the molecule is CCc1ccc2nc(C)ccc2c1P(C)(C)=O. The molecule has 17 heavy (non-hydrogen) atoms. The second-order valence-corrected chi connectivity index (χ2v) is 7.95. The molecule has 0 atom stereocenters. The summed E-state index contributed by atoms with van der Waals surface area (Å²) in [5.41, 5.74) is 3.12. The highest BCUT2D eigenvalue weighted by Crippen LogP contribution is 2.39. The van der Waals surface area contributed by atoms with Crippen LogP contribution in [0, 0.1) is 6.92 Å². The van der Waals surface area contributed by atoms with E-state index >= 15 is 0 Å². The highest BCUT2D eigenvalue weighted by molar-refractivity contribution is 7.70. The maximum Gasteiger partial charge on any atom is 0.110 e. The fraction of sp³-hybridized carbons (Fsp3) is 0.357. The normalized spacial score (nSPS) is 12.0. The van der Waals surface area contributed by atoms with Crippen molar-refractivity contribution in [2.45, 2.75) is 20.3 Å². The third kappa shape index (κ3) is 2.28. The van der Waals surface area contributed by atoms with Crippen LogP contribution >= 0.6 is 7.14 Å². The summed E-state index contributed by atoms with van der Waals surface area (Å²) >= 11 is 0. The summed E-state index contributed by atoms with van der Waals surface area (Å²) in [4.78, 5) is 4.50. The number of pyridine rings is 1. The Morgan fingerprint density at radius 2 is 1.88 bits per heavy atom. The van der Waals surface area contributed by atoms with E-state index in [9.17, 15) is 4.57 Å². The number of rotatable bonds is 2. The largest absolute Gasteiger partial charge is 0.319 e. The Hall–Kier alpha value is -1.14. The van der Waals surface area contributed by atoms with Crippen LogP contribution < -0.4 is 5.30 Å². The van der Waals surface area contributed by atoms with Gasteiger partial charge in [0.2, 0.25) is 0 Å². The highest BCUT2D eigenvalue weighted by Gasteiger charge is 2.19. The van der Waals surface area contributed by atoms with Crippen LogP contribution in [0.4, 0.5) is 0 Å². The lowest BCUT2D eigenvalue weighted by atomic mass is 10.1. The molecule has 0 aliphatic heterocycles. The van der Waals surface area contributed by atoms with Gasteiger partial charge in [0, 0.05) is 16.4 Å². The highest BCUT2D eigenvalue weighted by atomic mass is 31.2. The van der Waals surface area contributed by atoms with Crippen molar-refractivity contribution in [3.05, 3.63) is 35.5 Å². The van der Waals surface area contributed by atoms with Crippen LogP contribution in [0.2, 0.25) is 0 Å². The van der Waals surface area contributed by atoms with Gasteiger partial charge >= 0.3 is 0 Å². The Morgan fingerprint density at radius 3 is 2.47 bits per heavy atom. The van der Waals surface area contributed by atoms with Crippen molar-refractivity contribution in [3.8, 4) is 0 Å². The summed E-state index contributed by atoms with van der Waals surface area (Å²) in [6, 6.07) is 8.12. The zero-order valence-corrected chi connectivity index (χ0v) is 11.7. The Morgan fingerprint density at radius 1 is 1.18 bits per heavy atom. The number of fused-ring (bicyclic) bond motifs is 1. The van der Waals surface area contributed by atoms with E-state index in [0.29, 0.717) is 0 Å². The summed E-state index contributed by atoms with van der Waals surface area (Å²) in [5.74, 6) is 0. The lowest BCUT2D eigenvalue weighted by molar-refractivity contribution is 0.588. The Balaban J connectivity index is 2.89. The molecule has 0 N–H and O–H groups in total. The average molecular weight is 247 g/mol. The summed E-state index contributed by atoms with van der Waals surface area (Å²) in [5, 5.41) is 2.05. The molecule has 2 aromatic rings. The summed E-state index contributed by atoms with van der Waals surface area (Å²) < 4.78 is 12.5. The van der Waals surface area contributed by atoms with Crippen LogP contribution in [0.5, 0.6) is 0 Å². The van der Waals surface area contributed by atoms with Crippen molar-refractivity contribution in [2.75, 3.05) is 13.3 Å². The second-order valence-electron chi connectivity index (χ2n) is 4.80. The van der Waals surface area contributed by atoms with E-state index in [2.05, 4.69) is 18.0 Å². The standard InChI is InChI=1S/C14H18NOP/c1-5-11-7-9-13-12(8-6-10(2)15-13)14(11)17(3,4)16/h6-9H,5H2,1-4H3. The predicted molar refractivity (Wildman–Crippen MR) is 74.9 cm³/mol. The first kappa shape index (κ1) is 12.3. The lowest BCUT2D eigenvalue weighted by Gasteiger charge is -2.15. The lowest BCUT2D eigenvalue weighted by Crippen LogP contribution is -2.12. The minimum absolute atomic E-state index is 0.908. The molecule has 0 amide bonds. The number of benzene rings is 1. The van der Waals surface area contributed by atoms with Gasteiger partial charge in [-0.25, -0.2) is 0 Å². The fourth-order valence-corrected chi connectivity index (χ4v) is 3.95. The zero-order chi connectivity index (χ0) is 12.6. The van der Waals surface area contributed by atoms with Gasteiger partial charge in [0.05, 0.1) is 5.52 Å². The third-order valence-corrected chi connectivity index (χ3v) is 4.59. The molecule has 2 nitrogen and oxygen atoms in total. The van der Waals surface area contributed by atoms with Gasteiger partial charge in [-0.05, 0) is 44.4 Å². The maximum atomic E-state index is 12.5. The fourth-order valence-electron chi connectivity index (χ4n) is 2.26. The van der Waals surface area contributed by atoms with Crippen molar-refractivity contribution >= 4 is 23.3 Å². The minimum Gasteiger partial charge on any atom is -0.319 e. The first-order valence-electron chi connectivity index (χ1n) is 5.88. The van der Waals surface area contributed by atoms with Gasteiger partial charge in [-0.1, -0.05) is 19.1 Å². The number of hydrogen-bond acceptors (Lipinski definition) is 2. The molecule has 2 rings (SSSR count). The molecule has 1 aromatic carbocycles. The minimum atomic E-state index is -2.27. The van der Waals surface area contributed by atoms with Gasteiger partial charge in [-0.15, -0.1) is 0 Å². The van der Waals surface area contributed by atoms with Crippen molar-refractivity contribution in [1.82, 2.24) is 4.98 Å². The van der Waals surface area contributed by atoms with Crippen LogP contribution in [0.3, 0.4) is 0 Å². The molecule has 3 heteroatoms. The topological polar surface area (TPSA) is 30.0 Å². The predicted octanol–water partition coefficient (Wildman–Crippen LogP) is 3.35. The van der Waals surface area contributed by atoms with Gasteiger partial charge in [-0.3, -0.25) is 4.98 Å². The Kier molecular flexibility index (Phi) is 3.09. The van der Waals surface area contributed by atoms with E-state index in [-0.39, 0.29) is 0 Å². The molecule has 0 spiro atoms. The van der Waals surface area contributed by atoms with Crippen LogP contribution in [-0.4, -0.2) is 18.3 Å². The van der Waals surface area contributed by atoms with Crippen molar-refractivity contribution < 1.29 is 4.57 Å². The molecular formula is C14H18NOP. The molecule has 0 aliphatic carbocycles. The monoisotopic (exact) mass is 247 g/mol. The summed E-state index contributed by atoms with van der Waals surface area (Å²) in [6.07, 6.45) is 0.908. The van der Waals surface area contributed by atoms with E-state index in [1.807, 2.05) is 38.5 Å². The number of aromatic nitrogens is 1. The molecule has 0 unspecified atom stereocenters. The van der Waals surface area contributed by atoms with Crippen LogP contribution in [0.25, 0.3) is 10.9 Å². The smallest absolute Gasteiger partial charge is 0.110 e. The average Bonchev–Trinajstić information content (AvgIpc) is 2.25. The van der Waals surface area contributed by atoms with Crippen LogP contribution in [0.1, 0.15) is 18.2 Å². The van der Waals surface area contributed by atoms with E-state index in [1.165, 1.54) is 5.56 Å². The molecule has 0 bridgehead atoms. The van der Waals surface area contributed by atoms with Crippen LogP contribution in [-0.2, 0) is 11.0 Å². The van der Waals surface area contributed by atoms with E-state index < -0.39 is 7.14 Å². The van der Waals surface area contributed by atoms with E-state index in [4.69, 9.17) is 0 Å². The molecule has 0 saturated heterocycles. The van der Waals surface area contributed by atoms with Crippen LogP contribution in [0.15, 0.2) is 24.3 Å². The molecule has 1 heterocycles. The first-order valence-corrected chi connectivity index (χ1v) is 8.48. The Labute approximate surface area is 102 Å². The van der Waals surface area contributed by atoms with Gasteiger partial charge in [0.25, 0.3) is 0 Å². The quantitative estimate of drug-likeness (QED) is 0.762. The Bertz CT molecular complexity index is 613. The summed E-state index contributed by atoms with van der Waals surface area (Å²) in [6.45, 7) is 7.74. The molecule has 0 radical (unpaired) electrons. The van der Waals surface area contributed by atoms with E-state index in [1.54, 1.807) is 0 Å². The molecule has 1 aromatic heterocycles. The molecule has 90 valence electrons. The molecule has 0 aliphatic rings. The van der Waals surface area contributed by atoms with Gasteiger partial charge in [-0.2, -0.15) is 0 Å². The number of hydrogen-bond donors (Lipinski definition) is 0. The zero-order valence-electron chi connectivity index (χ0n) is 10.8. The first-order chi connectivity index (χ1) is 7.93. The number of aryl methyl sites for hydroxylation is 2. The van der Waals surface area contributed by atoms with E-state index in [0.717, 1.165) is 28.3 Å². The van der Waals surface area contributed by atoms with Gasteiger partial charge in [0.15, 0.2) is 0 Å². The van der Waals surface area contributed by atoms with Crippen molar-refractivity contribution in [2.24, 2.45) is 0 Å². The maximum absolute atomic E-state index is 12.5. The van der Waals surface area contributed by atoms with Crippen molar-refractivity contribution in [1.29, 1.82) is 0 Å². The summed E-state index contributed by atoms with van der Waals surface area (Å²) in [7, 11) is -2.27.